The lowest BCUT2D eigenvalue weighted by molar-refractivity contribution is -0.204. The molecule has 9 heterocycles. The highest BCUT2D eigenvalue weighted by Gasteiger charge is 2.63. The second-order valence-corrected chi connectivity index (χ2v) is 46.8. The van der Waals surface area contributed by atoms with Crippen molar-refractivity contribution in [3.63, 3.8) is 0 Å². The average molecular weight is 1370 g/mol. The summed E-state index contributed by atoms with van der Waals surface area (Å²) in [6.45, 7) is 49.6. The summed E-state index contributed by atoms with van der Waals surface area (Å²) in [5.41, 5.74) is -3.52. The van der Waals surface area contributed by atoms with Crippen LogP contribution in [0.15, 0.2) is 53.2 Å². The Bertz CT molecular complexity index is 3680. The van der Waals surface area contributed by atoms with Crippen LogP contribution < -0.4 is 33.7 Å². The Labute approximate surface area is 554 Å². The second-order valence-electron chi connectivity index (χ2n) is 30.5. The molecule has 0 aliphatic carbocycles. The van der Waals surface area contributed by atoms with Gasteiger partial charge in [0.2, 0.25) is 16.6 Å². The first kappa shape index (κ1) is 73.6. The van der Waals surface area contributed by atoms with Crippen molar-refractivity contribution < 1.29 is 55.9 Å². The Balaban J connectivity index is 1.18. The maximum Gasteiger partial charge on any atom is 0.331 e. The van der Waals surface area contributed by atoms with Gasteiger partial charge in [-0.2, -0.15) is 0 Å². The zero-order chi connectivity index (χ0) is 69.6. The van der Waals surface area contributed by atoms with Gasteiger partial charge in [0, 0.05) is 24.4 Å². The predicted molar refractivity (Wildman–Crippen MR) is 360 cm³/mol. The Morgan fingerprint density at radius 1 is 0.436 bits per heavy atom. The minimum Gasteiger partial charge on any atom is -0.413 e. The van der Waals surface area contributed by atoms with Crippen LogP contribution in [0.5, 0.6) is 0 Å². The fourth-order valence-corrected chi connectivity index (χ4v) is 33.5. The molecule has 27 heteroatoms. The zero-order valence-electron chi connectivity index (χ0n) is 59.5. The number of rotatable bonds is 21. The van der Waals surface area contributed by atoms with Crippen molar-refractivity contribution in [2.24, 2.45) is 0 Å². The van der Waals surface area contributed by atoms with E-state index in [0.29, 0.717) is 0 Å². The van der Waals surface area contributed by atoms with Crippen LogP contribution in [0.3, 0.4) is 0 Å². The van der Waals surface area contributed by atoms with Crippen LogP contribution in [0, 0.1) is 23.7 Å². The van der Waals surface area contributed by atoms with Gasteiger partial charge < -0.3 is 55.9 Å². The third-order valence-electron chi connectivity index (χ3n) is 20.4. The maximum atomic E-state index is 14.9. The maximum absolute atomic E-state index is 14.9. The first-order valence-corrected chi connectivity index (χ1v) is 40.1. The van der Waals surface area contributed by atoms with Crippen LogP contribution in [-0.2, 0) is 55.9 Å². The van der Waals surface area contributed by atoms with Gasteiger partial charge in [-0.15, -0.1) is 0 Å². The molecule has 0 unspecified atom stereocenters. The standard InChI is InChI=1S/C67H104N6O18Si3/c1-34(2)92(35(3)4,36(5)6)80-33-47-53-56(87-65(19,20)84-53)60(81-47)72-43(31-49(75)69-63(72)78)25-28-46(91-94(40(13)14,41(15)16)42(17)18)52-55-58(89-67(23,24)86-55)61(83-52)73-44(32-50(76)70-64(73)79)26-27-45(90-93(37(7)8,38(9)10)39(11)12)51-54-57(88-66(21,22)85-54)59(82-51)71-30-29-48(74)68-62(71)77/h29-32,34-42,45-47,51-61H,33H2,1-24H3,(H,68,74,77)(H,69,75,78)(H,70,76,79)/t45-,46-,47-,51-,52-,53-,54-,55-,56-,57-,58-,59-,60-,61-/m1/s1. The Morgan fingerprint density at radius 2 is 0.766 bits per heavy atom. The molecule has 3 aromatic rings. The lowest BCUT2D eigenvalue weighted by Gasteiger charge is -2.45. The van der Waals surface area contributed by atoms with Crippen molar-refractivity contribution >= 4 is 25.0 Å². The fourth-order valence-electron chi connectivity index (χ4n) is 17.1. The zero-order valence-corrected chi connectivity index (χ0v) is 62.5. The number of aromatic nitrogens is 6. The van der Waals surface area contributed by atoms with E-state index in [4.69, 9.17) is 55.9 Å². The second kappa shape index (κ2) is 27.2. The van der Waals surface area contributed by atoms with E-state index in [-0.39, 0.29) is 67.9 Å². The molecule has 3 aromatic heterocycles. The summed E-state index contributed by atoms with van der Waals surface area (Å²) in [5.74, 6) is 9.66. The van der Waals surface area contributed by atoms with Crippen molar-refractivity contribution in [3.05, 3.63) is 98.3 Å². The van der Waals surface area contributed by atoms with Crippen molar-refractivity contribution in [2.45, 2.75) is 319 Å². The highest BCUT2D eigenvalue weighted by Crippen LogP contribution is 2.52. The molecular formula is C67H104N6O18Si3. The van der Waals surface area contributed by atoms with E-state index < -0.39 is 162 Å². The van der Waals surface area contributed by atoms with Crippen molar-refractivity contribution in [1.82, 2.24) is 28.7 Å². The number of H-pyrrole nitrogens is 3. The molecule has 522 valence electrons. The van der Waals surface area contributed by atoms with Gasteiger partial charge in [-0.1, -0.05) is 136 Å². The SMILES string of the molecule is CC(C)[Si](OC[C@H]1O[C@@H](n2c(C#C[C@@H](O[Si](C(C)C)(C(C)C)C(C)C)[C@H]3O[C@@H](n4c(C#C[C@@H](O[Si](C(C)C)(C(C)C)C(C)C)[C@H]5O[C@@H](n6ccc(=O)[nH]c6=O)[C@@H]6OC(C)(C)O[C@@H]65)cc(=O)[nH]c4=O)[C@@H]4OC(C)(C)O[C@@H]43)cc(=O)[nH]c2=O)[C@@H]2OC(C)(C)O[C@@H]21)(C(C)C)C(C)C. The number of ether oxygens (including phenoxy) is 9. The van der Waals surface area contributed by atoms with E-state index in [1.807, 2.05) is 0 Å². The lowest BCUT2D eigenvalue weighted by Crippen LogP contribution is -2.53. The summed E-state index contributed by atoms with van der Waals surface area (Å²) in [5, 5.41) is 0. The molecule has 6 aliphatic heterocycles. The van der Waals surface area contributed by atoms with Gasteiger partial charge in [-0.25, -0.2) is 14.4 Å². The monoisotopic (exact) mass is 1360 g/mol. The average Bonchev–Trinajstić information content (AvgIpc) is 1.59. The Morgan fingerprint density at radius 3 is 1.15 bits per heavy atom. The summed E-state index contributed by atoms with van der Waals surface area (Å²) in [6, 6.07) is 3.66. The Hall–Kier alpha value is -4.67. The summed E-state index contributed by atoms with van der Waals surface area (Å²) >= 11 is 0. The van der Waals surface area contributed by atoms with Gasteiger partial charge in [-0.05, 0) is 103 Å². The first-order valence-electron chi connectivity index (χ1n) is 33.7. The van der Waals surface area contributed by atoms with Gasteiger partial charge >= 0.3 is 17.1 Å². The summed E-state index contributed by atoms with van der Waals surface area (Å²) < 4.78 is 86.7. The lowest BCUT2D eigenvalue weighted by atomic mass is 10.1. The normalized spacial score (nSPS) is 28.7. The first-order chi connectivity index (χ1) is 43.6. The molecule has 6 fully saturated rings. The van der Waals surface area contributed by atoms with Gasteiger partial charge in [0.25, 0.3) is 16.7 Å². The van der Waals surface area contributed by atoms with Crippen LogP contribution >= 0.6 is 0 Å². The van der Waals surface area contributed by atoms with Gasteiger partial charge in [0.05, 0.1) is 6.61 Å². The van der Waals surface area contributed by atoms with E-state index in [0.717, 1.165) is 0 Å². The highest BCUT2D eigenvalue weighted by atomic mass is 28.4. The van der Waals surface area contributed by atoms with Crippen LogP contribution in [0.2, 0.25) is 49.9 Å². The summed E-state index contributed by atoms with van der Waals surface area (Å²) in [4.78, 5) is 89.8. The van der Waals surface area contributed by atoms with Crippen LogP contribution in [0.1, 0.15) is 196 Å². The molecule has 9 rings (SSSR count). The Kier molecular flexibility index (Phi) is 21.3. The smallest absolute Gasteiger partial charge is 0.331 e. The highest BCUT2D eigenvalue weighted by molar-refractivity contribution is 6.78. The molecular weight excluding hydrogens is 1260 g/mol. The number of aromatic amines is 3. The van der Waals surface area contributed by atoms with Crippen molar-refractivity contribution in [1.29, 1.82) is 0 Å². The fraction of sp³-hybridized carbons (Fsp3) is 0.761. The number of nitrogens with one attached hydrogen (secondary N) is 3. The molecule has 6 aliphatic rings. The predicted octanol–water partition coefficient (Wildman–Crippen LogP) is 8.91. The molecule has 0 bridgehead atoms. The third-order valence-corrected chi connectivity index (χ3v) is 38.6. The van der Waals surface area contributed by atoms with E-state index in [2.05, 4.69) is 163 Å². The largest absolute Gasteiger partial charge is 0.413 e. The van der Waals surface area contributed by atoms with Crippen LogP contribution in [0.25, 0.3) is 0 Å². The van der Waals surface area contributed by atoms with E-state index >= 15 is 0 Å². The molecule has 0 saturated carbocycles. The van der Waals surface area contributed by atoms with Crippen molar-refractivity contribution in [2.75, 3.05) is 6.61 Å². The molecule has 0 spiro atoms. The number of fused-ring (bicyclic) bond motifs is 3. The molecule has 94 heavy (non-hydrogen) atoms. The molecule has 6 saturated heterocycles. The molecule has 3 N–H and O–H groups in total. The topological polar surface area (TPSA) is 275 Å². The van der Waals surface area contributed by atoms with E-state index in [1.165, 1.54) is 38.1 Å². The summed E-state index contributed by atoms with van der Waals surface area (Å²) in [6.07, 6.45) is -12.7. The third kappa shape index (κ3) is 13.7. The minimum atomic E-state index is -3.00. The van der Waals surface area contributed by atoms with Gasteiger partial charge in [0.15, 0.2) is 44.4 Å². The van der Waals surface area contributed by atoms with Crippen molar-refractivity contribution in [3.8, 4) is 23.7 Å². The van der Waals surface area contributed by atoms with Crippen LogP contribution in [-0.4, -0.2) is 145 Å². The van der Waals surface area contributed by atoms with Gasteiger partial charge in [0.1, 0.15) is 78.5 Å². The number of nitrogens with zero attached hydrogens (tertiary/aromatic N) is 3. The van der Waals surface area contributed by atoms with Gasteiger partial charge in [-0.3, -0.25) is 43.0 Å². The van der Waals surface area contributed by atoms with E-state index in [1.54, 1.807) is 41.5 Å². The van der Waals surface area contributed by atoms with Crippen LogP contribution in [0.4, 0.5) is 0 Å². The quantitative estimate of drug-likeness (QED) is 0.0663. The molecule has 14 atom stereocenters. The number of hydrogen-bond donors (Lipinski definition) is 3. The molecule has 24 nitrogen and oxygen atoms in total. The molecule has 0 radical (unpaired) electrons. The molecule has 0 aromatic carbocycles. The molecule has 0 amide bonds. The van der Waals surface area contributed by atoms with E-state index in [9.17, 15) is 28.8 Å². The number of hydrogen-bond acceptors (Lipinski definition) is 18. The summed E-state index contributed by atoms with van der Waals surface area (Å²) in [7, 11) is -8.34. The minimum absolute atomic E-state index is 0.00407.